The molecule has 0 aromatic heterocycles. The van der Waals surface area contributed by atoms with E-state index in [4.69, 9.17) is 4.74 Å². The van der Waals surface area contributed by atoms with E-state index in [0.29, 0.717) is 22.8 Å². The number of thioether (sulfide) groups is 1. The number of aliphatic imine (C=N–C) groups is 1. The first-order chi connectivity index (χ1) is 12.9. The Morgan fingerprint density at radius 1 is 1.33 bits per heavy atom. The first-order valence-electron chi connectivity index (χ1n) is 8.59. The standard InChI is InChI=1S/C18H19N3O5S/c1-4-13-16(22)20-15(11-6-8-12(9-7-11)21(24)25)14(17(23)26-5-2)10(3)19-18(20)27-13/h6-9,13,15H,4-5H2,1-3H3. The first kappa shape index (κ1) is 19.1. The van der Waals surface area contributed by atoms with E-state index in [2.05, 4.69) is 4.99 Å². The van der Waals surface area contributed by atoms with E-state index >= 15 is 0 Å². The van der Waals surface area contributed by atoms with Crippen LogP contribution in [0, 0.1) is 10.1 Å². The number of ether oxygens (including phenoxy) is 1. The highest BCUT2D eigenvalue weighted by atomic mass is 32.2. The largest absolute Gasteiger partial charge is 0.463 e. The van der Waals surface area contributed by atoms with Gasteiger partial charge in [0.25, 0.3) is 5.69 Å². The Bertz CT molecular complexity index is 862. The summed E-state index contributed by atoms with van der Waals surface area (Å²) < 4.78 is 5.18. The molecule has 0 bridgehead atoms. The molecule has 1 fully saturated rings. The summed E-state index contributed by atoms with van der Waals surface area (Å²) in [6, 6.07) is 5.15. The van der Waals surface area contributed by atoms with Gasteiger partial charge in [0.15, 0.2) is 5.17 Å². The highest BCUT2D eigenvalue weighted by molar-refractivity contribution is 8.15. The van der Waals surface area contributed by atoms with E-state index in [1.807, 2.05) is 6.92 Å². The fraction of sp³-hybridized carbons (Fsp3) is 0.389. The second kappa shape index (κ2) is 7.51. The highest BCUT2D eigenvalue weighted by Gasteiger charge is 2.47. The van der Waals surface area contributed by atoms with Crippen LogP contribution < -0.4 is 0 Å². The molecule has 2 aliphatic heterocycles. The molecule has 3 rings (SSSR count). The number of esters is 1. The van der Waals surface area contributed by atoms with Crippen molar-refractivity contribution in [2.75, 3.05) is 6.61 Å². The summed E-state index contributed by atoms with van der Waals surface area (Å²) in [4.78, 5) is 41.9. The molecule has 2 heterocycles. The summed E-state index contributed by atoms with van der Waals surface area (Å²) in [5, 5.41) is 11.2. The van der Waals surface area contributed by atoms with Gasteiger partial charge >= 0.3 is 5.97 Å². The average Bonchev–Trinajstić information content (AvgIpc) is 2.96. The van der Waals surface area contributed by atoms with Crippen LogP contribution in [0.5, 0.6) is 0 Å². The van der Waals surface area contributed by atoms with Crippen molar-refractivity contribution in [2.45, 2.75) is 38.5 Å². The number of carbonyl (C=O) groups is 2. The number of hydrogen-bond donors (Lipinski definition) is 0. The van der Waals surface area contributed by atoms with Gasteiger partial charge in [0.2, 0.25) is 5.91 Å². The van der Waals surface area contributed by atoms with E-state index < -0.39 is 16.9 Å². The number of amides is 1. The van der Waals surface area contributed by atoms with E-state index in [9.17, 15) is 19.7 Å². The number of nitrogens with zero attached hydrogens (tertiary/aromatic N) is 3. The van der Waals surface area contributed by atoms with Crippen molar-refractivity contribution >= 4 is 34.5 Å². The molecule has 0 radical (unpaired) electrons. The maximum absolute atomic E-state index is 12.9. The topological polar surface area (TPSA) is 102 Å². The van der Waals surface area contributed by atoms with Crippen LogP contribution in [-0.4, -0.2) is 38.7 Å². The molecule has 2 atom stereocenters. The molecule has 8 nitrogen and oxygen atoms in total. The van der Waals surface area contributed by atoms with Crippen molar-refractivity contribution in [3.8, 4) is 0 Å². The van der Waals surface area contributed by atoms with E-state index in [-0.39, 0.29) is 29.0 Å². The number of nitro groups is 1. The van der Waals surface area contributed by atoms with E-state index in [0.717, 1.165) is 0 Å². The molecule has 2 unspecified atom stereocenters. The number of benzene rings is 1. The van der Waals surface area contributed by atoms with Gasteiger partial charge in [0.1, 0.15) is 0 Å². The molecule has 27 heavy (non-hydrogen) atoms. The number of rotatable bonds is 5. The molecular weight excluding hydrogens is 370 g/mol. The van der Waals surface area contributed by atoms with E-state index in [1.54, 1.807) is 26.0 Å². The third-order valence-corrected chi connectivity index (χ3v) is 5.76. The second-order valence-corrected chi connectivity index (χ2v) is 7.26. The lowest BCUT2D eigenvalue weighted by Crippen LogP contribution is -2.40. The Morgan fingerprint density at radius 2 is 2.00 bits per heavy atom. The lowest BCUT2D eigenvalue weighted by molar-refractivity contribution is -0.384. The van der Waals surface area contributed by atoms with Crippen LogP contribution in [0.2, 0.25) is 0 Å². The van der Waals surface area contributed by atoms with Gasteiger partial charge in [-0.05, 0) is 38.0 Å². The van der Waals surface area contributed by atoms with Crippen LogP contribution in [0.1, 0.15) is 38.8 Å². The van der Waals surface area contributed by atoms with Crippen molar-refractivity contribution in [1.82, 2.24) is 4.90 Å². The molecule has 0 saturated carbocycles. The summed E-state index contributed by atoms with van der Waals surface area (Å²) in [7, 11) is 0. The predicted molar refractivity (Wildman–Crippen MR) is 101 cm³/mol. The minimum absolute atomic E-state index is 0.0598. The molecule has 0 spiro atoms. The van der Waals surface area contributed by atoms with Crippen LogP contribution in [-0.2, 0) is 14.3 Å². The number of nitro benzene ring substituents is 1. The van der Waals surface area contributed by atoms with Gasteiger partial charge in [-0.2, -0.15) is 0 Å². The Morgan fingerprint density at radius 3 is 2.56 bits per heavy atom. The van der Waals surface area contributed by atoms with Crippen molar-refractivity contribution in [2.24, 2.45) is 4.99 Å². The maximum atomic E-state index is 12.9. The van der Waals surface area contributed by atoms with Gasteiger partial charge in [-0.25, -0.2) is 9.79 Å². The lowest BCUT2D eigenvalue weighted by atomic mass is 9.94. The van der Waals surface area contributed by atoms with Crippen molar-refractivity contribution in [1.29, 1.82) is 0 Å². The van der Waals surface area contributed by atoms with Gasteiger partial charge in [-0.15, -0.1) is 0 Å². The fourth-order valence-corrected chi connectivity index (χ4v) is 4.29. The molecule has 0 aliphatic carbocycles. The SMILES string of the molecule is CCOC(=O)C1=C(C)N=C2SC(CC)C(=O)N2C1c1ccc([N+](=O)[O-])cc1. The Kier molecular flexibility index (Phi) is 5.31. The summed E-state index contributed by atoms with van der Waals surface area (Å²) in [5.74, 6) is -0.669. The molecule has 1 saturated heterocycles. The molecular formula is C18H19N3O5S. The number of carbonyl (C=O) groups excluding carboxylic acids is 2. The number of fused-ring (bicyclic) bond motifs is 1. The summed E-state index contributed by atoms with van der Waals surface area (Å²) in [6.07, 6.45) is 0.639. The number of allylic oxidation sites excluding steroid dienone is 1. The minimum Gasteiger partial charge on any atom is -0.463 e. The Labute approximate surface area is 160 Å². The van der Waals surface area contributed by atoms with Gasteiger partial charge in [-0.1, -0.05) is 18.7 Å². The minimum atomic E-state index is -0.714. The molecule has 1 aromatic carbocycles. The first-order valence-corrected chi connectivity index (χ1v) is 9.47. The third kappa shape index (κ3) is 3.34. The zero-order valence-corrected chi connectivity index (χ0v) is 16.0. The van der Waals surface area contributed by atoms with Crippen LogP contribution >= 0.6 is 11.8 Å². The Hall–Kier alpha value is -2.68. The fourth-order valence-electron chi connectivity index (χ4n) is 3.15. The van der Waals surface area contributed by atoms with Gasteiger partial charge in [-0.3, -0.25) is 19.8 Å². The van der Waals surface area contributed by atoms with Crippen LogP contribution in [0.3, 0.4) is 0 Å². The summed E-state index contributed by atoms with van der Waals surface area (Å²) >= 11 is 1.37. The van der Waals surface area contributed by atoms with Gasteiger partial charge in [0.05, 0.1) is 34.1 Å². The van der Waals surface area contributed by atoms with Crippen LogP contribution in [0.15, 0.2) is 40.5 Å². The van der Waals surface area contributed by atoms with E-state index in [1.165, 1.54) is 28.8 Å². The number of amidine groups is 1. The van der Waals surface area contributed by atoms with Crippen molar-refractivity contribution in [3.63, 3.8) is 0 Å². The molecule has 2 aliphatic rings. The zero-order valence-electron chi connectivity index (χ0n) is 15.2. The quantitative estimate of drug-likeness (QED) is 0.435. The second-order valence-electron chi connectivity index (χ2n) is 6.09. The number of hydrogen-bond acceptors (Lipinski definition) is 7. The van der Waals surface area contributed by atoms with Gasteiger partial charge in [0, 0.05) is 12.1 Å². The maximum Gasteiger partial charge on any atom is 0.338 e. The smallest absolute Gasteiger partial charge is 0.338 e. The molecule has 0 N–H and O–H groups in total. The third-order valence-electron chi connectivity index (χ3n) is 4.44. The lowest BCUT2D eigenvalue weighted by Gasteiger charge is -2.33. The predicted octanol–water partition coefficient (Wildman–Crippen LogP) is 3.20. The molecule has 142 valence electrons. The Balaban J connectivity index is 2.11. The zero-order chi connectivity index (χ0) is 19.7. The van der Waals surface area contributed by atoms with Crippen molar-refractivity contribution in [3.05, 3.63) is 51.2 Å². The molecule has 9 heteroatoms. The van der Waals surface area contributed by atoms with Crippen LogP contribution in [0.4, 0.5) is 5.69 Å². The normalized spacial score (nSPS) is 21.8. The van der Waals surface area contributed by atoms with Gasteiger partial charge < -0.3 is 4.74 Å². The van der Waals surface area contributed by atoms with Crippen LogP contribution in [0.25, 0.3) is 0 Å². The number of non-ortho nitro benzene ring substituents is 1. The van der Waals surface area contributed by atoms with Crippen molar-refractivity contribution < 1.29 is 19.2 Å². The average molecular weight is 389 g/mol. The summed E-state index contributed by atoms with van der Waals surface area (Å²) in [6.45, 7) is 5.52. The highest BCUT2D eigenvalue weighted by Crippen LogP contribution is 2.44. The summed E-state index contributed by atoms with van der Waals surface area (Å²) in [5.41, 5.74) is 1.30. The molecule has 1 aromatic rings. The molecule has 1 amide bonds. The monoisotopic (exact) mass is 389 g/mol.